The summed E-state index contributed by atoms with van der Waals surface area (Å²) in [6.07, 6.45) is 3.44. The van der Waals surface area contributed by atoms with E-state index in [4.69, 9.17) is 4.74 Å². The first-order valence-electron chi connectivity index (χ1n) is 8.49. The van der Waals surface area contributed by atoms with Gasteiger partial charge in [0.1, 0.15) is 11.6 Å². The molecule has 8 heteroatoms. The Morgan fingerprint density at radius 1 is 1.25 bits per heavy atom. The lowest BCUT2D eigenvalue weighted by molar-refractivity contribution is 0.258. The van der Waals surface area contributed by atoms with E-state index in [0.717, 1.165) is 27.9 Å². The summed E-state index contributed by atoms with van der Waals surface area (Å²) in [5.41, 5.74) is 1.83. The molecule has 28 heavy (non-hydrogen) atoms. The summed E-state index contributed by atoms with van der Waals surface area (Å²) in [5.74, 6) is -0.0124. The van der Waals surface area contributed by atoms with Gasteiger partial charge in [0.15, 0.2) is 5.13 Å². The number of urea groups is 1. The van der Waals surface area contributed by atoms with Crippen LogP contribution in [0.15, 0.2) is 60.9 Å². The predicted molar refractivity (Wildman–Crippen MR) is 109 cm³/mol. The zero-order valence-corrected chi connectivity index (χ0v) is 16.0. The van der Waals surface area contributed by atoms with E-state index in [9.17, 15) is 9.18 Å². The number of thiazole rings is 1. The molecule has 0 aliphatic carbocycles. The summed E-state index contributed by atoms with van der Waals surface area (Å²) in [6, 6.07) is 13.3. The smallest absolute Gasteiger partial charge is 0.327 e. The van der Waals surface area contributed by atoms with E-state index in [1.165, 1.54) is 23.2 Å². The first kappa shape index (κ1) is 18.0. The lowest BCUT2D eigenvalue weighted by Crippen LogP contribution is -2.31. The van der Waals surface area contributed by atoms with Crippen LogP contribution in [0.4, 0.5) is 20.0 Å². The van der Waals surface area contributed by atoms with Crippen molar-refractivity contribution in [3.8, 4) is 10.8 Å². The lowest BCUT2D eigenvalue weighted by atomic mass is 10.2. The number of nitrogens with zero attached hydrogens (tertiary/aromatic N) is 3. The molecule has 2 heterocycles. The molecule has 0 spiro atoms. The number of hydrogen-bond donors (Lipinski definition) is 1. The van der Waals surface area contributed by atoms with Crippen LogP contribution in [0.5, 0.6) is 10.8 Å². The number of ether oxygens (including phenoxy) is 1. The van der Waals surface area contributed by atoms with Gasteiger partial charge in [-0.05, 0) is 30.3 Å². The highest BCUT2D eigenvalue weighted by Gasteiger charge is 2.16. The van der Waals surface area contributed by atoms with E-state index in [1.807, 2.05) is 42.1 Å². The van der Waals surface area contributed by atoms with Crippen LogP contribution >= 0.6 is 11.3 Å². The quantitative estimate of drug-likeness (QED) is 0.514. The third-order valence-corrected chi connectivity index (χ3v) is 5.07. The number of rotatable bonds is 4. The Morgan fingerprint density at radius 3 is 2.89 bits per heavy atom. The van der Waals surface area contributed by atoms with Crippen molar-refractivity contribution in [2.24, 2.45) is 7.05 Å². The molecule has 0 saturated carbocycles. The Labute approximate surface area is 164 Å². The van der Waals surface area contributed by atoms with Crippen LogP contribution in [0, 0.1) is 5.82 Å². The van der Waals surface area contributed by atoms with Crippen molar-refractivity contribution >= 4 is 39.1 Å². The molecule has 0 atom stereocenters. The minimum absolute atomic E-state index is 0.317. The largest absolute Gasteiger partial charge is 0.445 e. The maximum Gasteiger partial charge on any atom is 0.327 e. The van der Waals surface area contributed by atoms with E-state index in [0.29, 0.717) is 15.9 Å². The summed E-state index contributed by atoms with van der Waals surface area (Å²) in [6.45, 7) is 0. The third-order valence-electron chi connectivity index (χ3n) is 4.28. The first-order valence-corrected chi connectivity index (χ1v) is 9.31. The van der Waals surface area contributed by atoms with Crippen LogP contribution in [-0.4, -0.2) is 22.6 Å². The summed E-state index contributed by atoms with van der Waals surface area (Å²) in [4.78, 5) is 18.4. The highest BCUT2D eigenvalue weighted by Crippen LogP contribution is 2.31. The van der Waals surface area contributed by atoms with Gasteiger partial charge in [-0.2, -0.15) is 0 Å². The molecule has 0 fully saturated rings. The van der Waals surface area contributed by atoms with Crippen molar-refractivity contribution in [2.75, 3.05) is 17.3 Å². The highest BCUT2D eigenvalue weighted by molar-refractivity contribution is 7.17. The van der Waals surface area contributed by atoms with Crippen molar-refractivity contribution in [2.45, 2.75) is 0 Å². The Kier molecular flexibility index (Phi) is 4.70. The number of aryl methyl sites for hydroxylation is 1. The number of hydrogen-bond acceptors (Lipinski definition) is 4. The van der Waals surface area contributed by atoms with E-state index in [2.05, 4.69) is 10.3 Å². The zero-order chi connectivity index (χ0) is 19.7. The molecule has 4 aromatic rings. The SMILES string of the molecule is CN(C(=O)Nc1ncc(Oc2cccc(F)c2)s1)c1cccc2c1ccn2C. The van der Waals surface area contributed by atoms with Crippen LogP contribution in [0.1, 0.15) is 0 Å². The zero-order valence-electron chi connectivity index (χ0n) is 15.2. The second-order valence-electron chi connectivity index (χ2n) is 6.17. The molecule has 2 amide bonds. The van der Waals surface area contributed by atoms with Gasteiger partial charge in [-0.3, -0.25) is 10.2 Å². The molecule has 1 N–H and O–H groups in total. The fourth-order valence-electron chi connectivity index (χ4n) is 2.87. The minimum Gasteiger partial charge on any atom is -0.445 e. The number of fused-ring (bicyclic) bond motifs is 1. The first-order chi connectivity index (χ1) is 13.5. The maximum absolute atomic E-state index is 13.3. The number of carbonyl (C=O) groups is 1. The number of nitrogens with one attached hydrogen (secondary N) is 1. The van der Waals surface area contributed by atoms with Crippen molar-refractivity contribution in [3.05, 3.63) is 66.7 Å². The number of anilines is 2. The Morgan fingerprint density at radius 2 is 2.07 bits per heavy atom. The van der Waals surface area contributed by atoms with Gasteiger partial charge in [-0.15, -0.1) is 0 Å². The topological polar surface area (TPSA) is 59.4 Å². The molecule has 0 aliphatic rings. The van der Waals surface area contributed by atoms with Crippen LogP contribution < -0.4 is 15.0 Å². The molecular formula is C20H17FN4O2S. The van der Waals surface area contributed by atoms with Crippen molar-refractivity contribution < 1.29 is 13.9 Å². The molecule has 0 saturated heterocycles. The normalized spacial score (nSPS) is 10.8. The van der Waals surface area contributed by atoms with Gasteiger partial charge < -0.3 is 9.30 Å². The van der Waals surface area contributed by atoms with Crippen molar-refractivity contribution in [1.82, 2.24) is 9.55 Å². The minimum atomic E-state index is -0.382. The molecule has 2 aromatic heterocycles. The Balaban J connectivity index is 1.48. The van der Waals surface area contributed by atoms with Crippen LogP contribution in [0.2, 0.25) is 0 Å². The second-order valence-corrected chi connectivity index (χ2v) is 7.16. The van der Waals surface area contributed by atoms with Gasteiger partial charge in [-0.25, -0.2) is 14.2 Å². The van der Waals surface area contributed by atoms with Crippen molar-refractivity contribution in [3.63, 3.8) is 0 Å². The Hall–Kier alpha value is -3.39. The van der Waals surface area contributed by atoms with Crippen molar-refractivity contribution in [1.29, 1.82) is 0 Å². The van der Waals surface area contributed by atoms with E-state index >= 15 is 0 Å². The van der Waals surface area contributed by atoms with Gasteiger partial charge in [0, 0.05) is 37.3 Å². The molecule has 0 unspecified atom stereocenters. The van der Waals surface area contributed by atoms with Gasteiger partial charge in [-0.1, -0.05) is 23.5 Å². The average Bonchev–Trinajstić information content (AvgIpc) is 3.27. The summed E-state index contributed by atoms with van der Waals surface area (Å²) < 4.78 is 20.8. The fraction of sp³-hybridized carbons (Fsp3) is 0.100. The molecule has 6 nitrogen and oxygen atoms in total. The van der Waals surface area contributed by atoms with E-state index in [-0.39, 0.29) is 11.8 Å². The third kappa shape index (κ3) is 3.54. The van der Waals surface area contributed by atoms with E-state index in [1.54, 1.807) is 19.2 Å². The number of amides is 2. The standard InChI is InChI=1S/C20H17FN4O2S/c1-24-10-9-15-16(24)7-4-8-17(15)25(2)20(26)23-19-22-12-18(28-19)27-14-6-3-5-13(21)11-14/h3-12H,1-2H3,(H,22,23,26). The van der Waals surface area contributed by atoms with Gasteiger partial charge in [0.05, 0.1) is 11.9 Å². The number of halogens is 1. The van der Waals surface area contributed by atoms with Gasteiger partial charge >= 0.3 is 6.03 Å². The van der Waals surface area contributed by atoms with Crippen LogP contribution in [0.25, 0.3) is 10.9 Å². The fourth-order valence-corrected chi connectivity index (χ4v) is 3.55. The van der Waals surface area contributed by atoms with Gasteiger partial charge in [0.2, 0.25) is 5.06 Å². The number of benzene rings is 2. The summed E-state index contributed by atoms with van der Waals surface area (Å²) >= 11 is 1.16. The Bertz CT molecular complexity index is 1150. The molecule has 0 aliphatic heterocycles. The molecular weight excluding hydrogens is 379 g/mol. The molecule has 142 valence electrons. The second kappa shape index (κ2) is 7.32. The van der Waals surface area contributed by atoms with Crippen LogP contribution in [-0.2, 0) is 7.05 Å². The predicted octanol–water partition coefficient (Wildman–Crippen LogP) is 5.23. The number of aromatic nitrogens is 2. The van der Waals surface area contributed by atoms with Gasteiger partial charge in [0.25, 0.3) is 0 Å². The molecule has 0 bridgehead atoms. The summed E-state index contributed by atoms with van der Waals surface area (Å²) in [7, 11) is 3.66. The van der Waals surface area contributed by atoms with E-state index < -0.39 is 0 Å². The molecule has 4 rings (SSSR count). The maximum atomic E-state index is 13.3. The van der Waals surface area contributed by atoms with Crippen LogP contribution in [0.3, 0.4) is 0 Å². The molecule has 0 radical (unpaired) electrons. The lowest BCUT2D eigenvalue weighted by Gasteiger charge is -2.18. The average molecular weight is 396 g/mol. The molecule has 2 aromatic carbocycles. The number of carbonyl (C=O) groups excluding carboxylic acids is 1. The summed E-state index contributed by atoms with van der Waals surface area (Å²) in [5, 5.41) is 4.59. The highest BCUT2D eigenvalue weighted by atomic mass is 32.1. The monoisotopic (exact) mass is 396 g/mol.